The molecule has 0 fully saturated rings. The summed E-state index contributed by atoms with van der Waals surface area (Å²) in [7, 11) is 0. The number of nitrogens with one attached hydrogen (secondary N) is 1. The van der Waals surface area contributed by atoms with E-state index in [1.807, 2.05) is 42.5 Å². The van der Waals surface area contributed by atoms with E-state index >= 15 is 0 Å². The lowest BCUT2D eigenvalue weighted by Crippen LogP contribution is -1.97. The molecule has 0 radical (unpaired) electrons. The van der Waals surface area contributed by atoms with Gasteiger partial charge in [-0.1, -0.05) is 6.07 Å². The highest BCUT2D eigenvalue weighted by Gasteiger charge is 2.03. The molecule has 2 heterocycles. The van der Waals surface area contributed by atoms with Crippen molar-refractivity contribution in [1.29, 1.82) is 0 Å². The van der Waals surface area contributed by atoms with Gasteiger partial charge in [0.2, 0.25) is 0 Å². The van der Waals surface area contributed by atoms with E-state index < -0.39 is 0 Å². The number of hydrogen-bond acceptors (Lipinski definition) is 4. The quantitative estimate of drug-likeness (QED) is 0.538. The molecule has 0 spiro atoms. The first-order valence-electron chi connectivity index (χ1n) is 7.05. The maximum absolute atomic E-state index is 10.1. The van der Waals surface area contributed by atoms with Gasteiger partial charge < -0.3 is 14.5 Å². The molecule has 5 heteroatoms. The van der Waals surface area contributed by atoms with Crippen LogP contribution in [0.4, 0.5) is 0 Å². The number of pyridine rings is 1. The Bertz CT molecular complexity index is 753. The lowest BCUT2D eigenvalue weighted by molar-refractivity contribution is -0.128. The largest absolute Gasteiger partial charge is 0.487 e. The Labute approximate surface area is 127 Å². The first kappa shape index (κ1) is 14.1. The molecule has 3 rings (SSSR count). The summed E-state index contributed by atoms with van der Waals surface area (Å²) in [5.41, 5.74) is 2.95. The molecular formula is C17H16N2O3. The van der Waals surface area contributed by atoms with E-state index in [0.717, 1.165) is 28.0 Å². The van der Waals surface area contributed by atoms with Crippen LogP contribution in [0.15, 0.2) is 48.7 Å². The number of ether oxygens (including phenoxy) is 2. The Hall–Kier alpha value is -2.82. The van der Waals surface area contributed by atoms with Crippen LogP contribution < -0.4 is 4.74 Å². The van der Waals surface area contributed by atoms with Crippen molar-refractivity contribution in [3.8, 4) is 5.75 Å². The summed E-state index contributed by atoms with van der Waals surface area (Å²) in [6.07, 6.45) is 2.42. The Morgan fingerprint density at radius 2 is 2.14 bits per heavy atom. The fourth-order valence-corrected chi connectivity index (χ4v) is 2.25. The number of benzene rings is 1. The molecule has 0 saturated heterocycles. The van der Waals surface area contributed by atoms with Crippen LogP contribution >= 0.6 is 0 Å². The minimum Gasteiger partial charge on any atom is -0.487 e. The van der Waals surface area contributed by atoms with Gasteiger partial charge in [0.25, 0.3) is 6.47 Å². The Kier molecular flexibility index (Phi) is 4.34. The van der Waals surface area contributed by atoms with Crippen LogP contribution in [0.25, 0.3) is 10.9 Å². The standard InChI is InChI=1S/C17H16N2O3/c20-12-21-8-6-14-9-13-10-16(4-5-17(13)19-14)22-11-15-3-1-2-7-18-15/h1-5,7,9-10,12,19H,6,8,11H2. The van der Waals surface area contributed by atoms with E-state index in [2.05, 4.69) is 9.97 Å². The van der Waals surface area contributed by atoms with Crippen LogP contribution in [-0.2, 0) is 22.6 Å². The number of carbonyl (C=O) groups is 1. The van der Waals surface area contributed by atoms with Crippen molar-refractivity contribution in [2.24, 2.45) is 0 Å². The number of aromatic amines is 1. The van der Waals surface area contributed by atoms with Gasteiger partial charge in [0.15, 0.2) is 0 Å². The lowest BCUT2D eigenvalue weighted by atomic mass is 10.2. The third kappa shape index (κ3) is 3.44. The summed E-state index contributed by atoms with van der Waals surface area (Å²) in [6.45, 7) is 1.28. The molecule has 0 atom stereocenters. The van der Waals surface area contributed by atoms with Crippen LogP contribution in [-0.4, -0.2) is 23.0 Å². The average molecular weight is 296 g/mol. The van der Waals surface area contributed by atoms with Crippen LogP contribution in [0.1, 0.15) is 11.4 Å². The number of H-pyrrole nitrogens is 1. The topological polar surface area (TPSA) is 64.2 Å². The van der Waals surface area contributed by atoms with Gasteiger partial charge in [-0.25, -0.2) is 0 Å². The van der Waals surface area contributed by atoms with Crippen molar-refractivity contribution in [2.45, 2.75) is 13.0 Å². The van der Waals surface area contributed by atoms with Gasteiger partial charge in [-0.2, -0.15) is 0 Å². The molecule has 0 aliphatic rings. The van der Waals surface area contributed by atoms with Gasteiger partial charge in [0.1, 0.15) is 12.4 Å². The van der Waals surface area contributed by atoms with E-state index in [9.17, 15) is 4.79 Å². The van der Waals surface area contributed by atoms with Gasteiger partial charge in [-0.15, -0.1) is 0 Å². The fraction of sp³-hybridized carbons (Fsp3) is 0.176. The van der Waals surface area contributed by atoms with Gasteiger partial charge in [0, 0.05) is 29.2 Å². The highest BCUT2D eigenvalue weighted by atomic mass is 16.5. The van der Waals surface area contributed by atoms with E-state index in [-0.39, 0.29) is 0 Å². The van der Waals surface area contributed by atoms with E-state index in [4.69, 9.17) is 9.47 Å². The first-order valence-corrected chi connectivity index (χ1v) is 7.05. The molecular weight excluding hydrogens is 280 g/mol. The Morgan fingerprint density at radius 3 is 2.95 bits per heavy atom. The predicted octanol–water partition coefficient (Wildman–Crippen LogP) is 2.86. The molecule has 1 N–H and O–H groups in total. The summed E-state index contributed by atoms with van der Waals surface area (Å²) in [6, 6.07) is 13.7. The normalized spacial score (nSPS) is 10.5. The number of nitrogens with zero attached hydrogens (tertiary/aromatic N) is 1. The van der Waals surface area contributed by atoms with Gasteiger partial charge >= 0.3 is 0 Å². The molecule has 0 aliphatic heterocycles. The van der Waals surface area contributed by atoms with Gasteiger partial charge in [0.05, 0.1) is 12.3 Å². The first-order chi connectivity index (χ1) is 10.8. The molecule has 22 heavy (non-hydrogen) atoms. The number of carbonyl (C=O) groups excluding carboxylic acids is 1. The second-order valence-corrected chi connectivity index (χ2v) is 4.87. The molecule has 112 valence electrons. The number of fused-ring (bicyclic) bond motifs is 1. The third-order valence-electron chi connectivity index (χ3n) is 3.32. The molecule has 1 aromatic carbocycles. The van der Waals surface area contributed by atoms with E-state index in [1.165, 1.54) is 0 Å². The van der Waals surface area contributed by atoms with Gasteiger partial charge in [-0.05, 0) is 36.4 Å². The minimum atomic E-state index is 0.374. The second-order valence-electron chi connectivity index (χ2n) is 4.87. The molecule has 0 bridgehead atoms. The molecule has 2 aromatic heterocycles. The summed E-state index contributed by atoms with van der Waals surface area (Å²) in [4.78, 5) is 17.7. The van der Waals surface area contributed by atoms with Crippen LogP contribution in [0.3, 0.4) is 0 Å². The molecule has 0 unspecified atom stereocenters. The highest BCUT2D eigenvalue weighted by Crippen LogP contribution is 2.22. The predicted molar refractivity (Wildman–Crippen MR) is 82.6 cm³/mol. The molecule has 0 amide bonds. The van der Waals surface area contributed by atoms with Crippen molar-refractivity contribution in [3.05, 3.63) is 60.0 Å². The zero-order chi connectivity index (χ0) is 15.2. The van der Waals surface area contributed by atoms with E-state index in [0.29, 0.717) is 26.1 Å². The molecule has 0 aliphatic carbocycles. The number of rotatable bonds is 7. The smallest absolute Gasteiger partial charge is 0.293 e. The van der Waals surface area contributed by atoms with E-state index in [1.54, 1.807) is 6.20 Å². The van der Waals surface area contributed by atoms with Crippen molar-refractivity contribution in [2.75, 3.05) is 6.61 Å². The van der Waals surface area contributed by atoms with Crippen molar-refractivity contribution < 1.29 is 14.3 Å². The van der Waals surface area contributed by atoms with Crippen LogP contribution in [0.2, 0.25) is 0 Å². The second kappa shape index (κ2) is 6.76. The zero-order valence-electron chi connectivity index (χ0n) is 12.0. The van der Waals surface area contributed by atoms with Crippen molar-refractivity contribution in [1.82, 2.24) is 9.97 Å². The highest BCUT2D eigenvalue weighted by molar-refractivity contribution is 5.81. The summed E-state index contributed by atoms with van der Waals surface area (Å²) >= 11 is 0. The zero-order valence-corrected chi connectivity index (χ0v) is 12.0. The molecule has 0 saturated carbocycles. The average Bonchev–Trinajstić information content (AvgIpc) is 2.96. The maximum atomic E-state index is 10.1. The third-order valence-corrected chi connectivity index (χ3v) is 3.32. The summed E-state index contributed by atoms with van der Waals surface area (Å²) in [5.74, 6) is 0.799. The lowest BCUT2D eigenvalue weighted by Gasteiger charge is -2.05. The summed E-state index contributed by atoms with van der Waals surface area (Å²) < 4.78 is 10.5. The SMILES string of the molecule is O=COCCc1cc2cc(OCc3ccccn3)ccc2[nH]1. The minimum absolute atomic E-state index is 0.374. The number of aromatic nitrogens is 2. The Morgan fingerprint density at radius 1 is 1.18 bits per heavy atom. The molecule has 3 aromatic rings. The summed E-state index contributed by atoms with van der Waals surface area (Å²) in [5, 5.41) is 1.07. The van der Waals surface area contributed by atoms with Gasteiger partial charge in [-0.3, -0.25) is 9.78 Å². The fourth-order valence-electron chi connectivity index (χ4n) is 2.25. The van der Waals surface area contributed by atoms with Crippen LogP contribution in [0, 0.1) is 0 Å². The monoisotopic (exact) mass is 296 g/mol. The van der Waals surface area contributed by atoms with Crippen molar-refractivity contribution in [3.63, 3.8) is 0 Å². The maximum Gasteiger partial charge on any atom is 0.293 e. The Balaban J connectivity index is 1.68. The number of hydrogen-bond donors (Lipinski definition) is 1. The molecule has 5 nitrogen and oxygen atoms in total. The van der Waals surface area contributed by atoms with Crippen molar-refractivity contribution >= 4 is 17.4 Å². The van der Waals surface area contributed by atoms with Crippen LogP contribution in [0.5, 0.6) is 5.75 Å².